The van der Waals surface area contributed by atoms with Gasteiger partial charge in [-0.2, -0.15) is 0 Å². The normalized spacial score (nSPS) is 11.2. The zero-order valence-corrected chi connectivity index (χ0v) is 10.1. The summed E-state index contributed by atoms with van der Waals surface area (Å²) in [6.45, 7) is 6.08. The van der Waals surface area contributed by atoms with Gasteiger partial charge in [0.1, 0.15) is 5.75 Å². The van der Waals surface area contributed by atoms with Crippen molar-refractivity contribution in [3.8, 4) is 5.75 Å². The summed E-state index contributed by atoms with van der Waals surface area (Å²) in [4.78, 5) is 10.1. The maximum Gasteiger partial charge on any atom is 0.229 e. The highest BCUT2D eigenvalue weighted by Gasteiger charge is 2.19. The molecule has 0 unspecified atom stereocenters. The van der Waals surface area contributed by atoms with Gasteiger partial charge in [-0.25, -0.2) is 0 Å². The molecule has 4 nitrogen and oxygen atoms in total. The molecule has 16 heavy (non-hydrogen) atoms. The van der Waals surface area contributed by atoms with Crippen molar-refractivity contribution < 1.29 is 9.66 Å². The van der Waals surface area contributed by atoms with Gasteiger partial charge in [0, 0.05) is 10.5 Å². The minimum atomic E-state index is -0.342. The summed E-state index contributed by atoms with van der Waals surface area (Å²) < 4.78 is 5.27. The zero-order chi connectivity index (χ0) is 12.3. The molecule has 1 rings (SSSR count). The van der Waals surface area contributed by atoms with Gasteiger partial charge in [0.2, 0.25) is 6.54 Å². The largest absolute Gasteiger partial charge is 0.496 e. The first-order chi connectivity index (χ1) is 7.34. The van der Waals surface area contributed by atoms with Crippen LogP contribution in [-0.4, -0.2) is 12.0 Å². The van der Waals surface area contributed by atoms with E-state index >= 15 is 0 Å². The predicted molar refractivity (Wildman–Crippen MR) is 62.4 cm³/mol. The van der Waals surface area contributed by atoms with Crippen molar-refractivity contribution >= 4 is 0 Å². The molecule has 1 aromatic rings. The minimum absolute atomic E-state index is 0.0293. The van der Waals surface area contributed by atoms with Gasteiger partial charge in [0.25, 0.3) is 0 Å². The van der Waals surface area contributed by atoms with E-state index in [0.29, 0.717) is 11.3 Å². The van der Waals surface area contributed by atoms with Gasteiger partial charge < -0.3 is 4.74 Å². The number of rotatable bonds is 3. The van der Waals surface area contributed by atoms with E-state index in [0.717, 1.165) is 5.56 Å². The fourth-order valence-electron chi connectivity index (χ4n) is 1.60. The molecule has 0 amide bonds. The maximum atomic E-state index is 10.4. The Hall–Kier alpha value is -1.58. The Balaban J connectivity index is 3.12. The van der Waals surface area contributed by atoms with Crippen LogP contribution in [0, 0.1) is 10.1 Å². The second-order valence-corrected chi connectivity index (χ2v) is 4.78. The highest BCUT2D eigenvalue weighted by molar-refractivity contribution is 5.41. The highest BCUT2D eigenvalue weighted by atomic mass is 16.6. The van der Waals surface area contributed by atoms with Crippen molar-refractivity contribution in [3.63, 3.8) is 0 Å². The lowest BCUT2D eigenvalue weighted by atomic mass is 9.86. The van der Waals surface area contributed by atoms with Crippen molar-refractivity contribution in [2.75, 3.05) is 7.11 Å². The molecule has 0 radical (unpaired) electrons. The van der Waals surface area contributed by atoms with Gasteiger partial charge in [0.15, 0.2) is 0 Å². The smallest absolute Gasteiger partial charge is 0.229 e. The van der Waals surface area contributed by atoms with Crippen LogP contribution in [0.25, 0.3) is 0 Å². The van der Waals surface area contributed by atoms with Crippen LogP contribution in [0.4, 0.5) is 0 Å². The first-order valence-corrected chi connectivity index (χ1v) is 5.14. The third kappa shape index (κ3) is 2.95. The second-order valence-electron chi connectivity index (χ2n) is 4.78. The van der Waals surface area contributed by atoms with Gasteiger partial charge in [-0.1, -0.05) is 32.9 Å². The molecule has 1 aromatic carbocycles. The summed E-state index contributed by atoms with van der Waals surface area (Å²) in [6, 6.07) is 5.42. The summed E-state index contributed by atoms with van der Waals surface area (Å²) in [6.07, 6.45) is 0. The summed E-state index contributed by atoms with van der Waals surface area (Å²) in [5.74, 6) is 0.715. The lowest BCUT2D eigenvalue weighted by Gasteiger charge is -2.22. The number of ether oxygens (including phenoxy) is 1. The van der Waals surface area contributed by atoms with Gasteiger partial charge >= 0.3 is 0 Å². The van der Waals surface area contributed by atoms with Crippen molar-refractivity contribution in [1.82, 2.24) is 0 Å². The number of benzene rings is 1. The fraction of sp³-hybridized carbons (Fsp3) is 0.500. The fourth-order valence-corrected chi connectivity index (χ4v) is 1.60. The third-order valence-corrected chi connectivity index (χ3v) is 2.39. The van der Waals surface area contributed by atoms with Gasteiger partial charge in [-0.15, -0.1) is 0 Å². The van der Waals surface area contributed by atoms with Crippen LogP contribution in [0.15, 0.2) is 18.2 Å². The number of hydrogen-bond acceptors (Lipinski definition) is 3. The summed E-state index contributed by atoms with van der Waals surface area (Å²) in [5, 5.41) is 10.4. The summed E-state index contributed by atoms with van der Waals surface area (Å²) in [5.41, 5.74) is 1.69. The van der Waals surface area contributed by atoms with Crippen molar-refractivity contribution in [2.45, 2.75) is 32.7 Å². The second kappa shape index (κ2) is 4.51. The average Bonchev–Trinajstić information content (AvgIpc) is 2.14. The minimum Gasteiger partial charge on any atom is -0.496 e. The number of nitrogens with zero attached hydrogens (tertiary/aromatic N) is 1. The van der Waals surface area contributed by atoms with Crippen LogP contribution < -0.4 is 4.74 Å². The van der Waals surface area contributed by atoms with E-state index in [9.17, 15) is 10.1 Å². The SMILES string of the molecule is COc1cc(C[N+](=O)[O-])ccc1C(C)(C)C. The number of nitro groups is 1. The van der Waals surface area contributed by atoms with Crippen LogP contribution in [0.2, 0.25) is 0 Å². The topological polar surface area (TPSA) is 52.4 Å². The molecular weight excluding hydrogens is 206 g/mol. The monoisotopic (exact) mass is 223 g/mol. The van der Waals surface area contributed by atoms with Crippen LogP contribution in [0.5, 0.6) is 5.75 Å². The van der Waals surface area contributed by atoms with E-state index in [1.165, 1.54) is 0 Å². The van der Waals surface area contributed by atoms with E-state index in [1.807, 2.05) is 6.07 Å². The van der Waals surface area contributed by atoms with E-state index < -0.39 is 0 Å². The molecule has 0 aliphatic rings. The molecule has 0 bridgehead atoms. The quantitative estimate of drug-likeness (QED) is 0.584. The number of hydrogen-bond donors (Lipinski definition) is 0. The van der Waals surface area contributed by atoms with Crippen LogP contribution in [0.3, 0.4) is 0 Å². The van der Waals surface area contributed by atoms with E-state index in [4.69, 9.17) is 4.74 Å². The van der Waals surface area contributed by atoms with Crippen molar-refractivity contribution in [2.24, 2.45) is 0 Å². The Labute approximate surface area is 95.4 Å². The van der Waals surface area contributed by atoms with Crippen LogP contribution in [-0.2, 0) is 12.0 Å². The molecule has 0 saturated carbocycles. The molecule has 0 N–H and O–H groups in total. The molecule has 0 heterocycles. The molecule has 0 atom stereocenters. The van der Waals surface area contributed by atoms with Crippen LogP contribution >= 0.6 is 0 Å². The van der Waals surface area contributed by atoms with Gasteiger partial charge in [0.05, 0.1) is 7.11 Å². The Morgan fingerprint density at radius 3 is 2.44 bits per heavy atom. The Morgan fingerprint density at radius 1 is 1.38 bits per heavy atom. The molecular formula is C12H17NO3. The summed E-state index contributed by atoms with van der Waals surface area (Å²) >= 11 is 0. The van der Waals surface area contributed by atoms with Crippen molar-refractivity contribution in [1.29, 1.82) is 0 Å². The average molecular weight is 223 g/mol. The Kier molecular flexibility index (Phi) is 3.52. The molecule has 0 spiro atoms. The zero-order valence-electron chi connectivity index (χ0n) is 10.1. The Morgan fingerprint density at radius 2 is 2.00 bits per heavy atom. The first-order valence-electron chi connectivity index (χ1n) is 5.14. The first kappa shape index (κ1) is 12.5. The third-order valence-electron chi connectivity index (χ3n) is 2.39. The highest BCUT2D eigenvalue weighted by Crippen LogP contribution is 2.31. The van der Waals surface area contributed by atoms with Gasteiger partial charge in [-0.3, -0.25) is 10.1 Å². The molecule has 0 saturated heterocycles. The predicted octanol–water partition coefficient (Wildman–Crippen LogP) is 2.77. The summed E-state index contributed by atoms with van der Waals surface area (Å²) in [7, 11) is 1.58. The molecule has 0 fully saturated rings. The Bertz CT molecular complexity index is 394. The van der Waals surface area contributed by atoms with E-state index in [1.54, 1.807) is 19.2 Å². The van der Waals surface area contributed by atoms with E-state index in [2.05, 4.69) is 20.8 Å². The number of methoxy groups -OCH3 is 1. The molecule has 0 aliphatic heterocycles. The lowest BCUT2D eigenvalue weighted by Crippen LogP contribution is -2.13. The standard InChI is InChI=1S/C12H17NO3/c1-12(2,3)10-6-5-9(8-13(14)15)7-11(10)16-4/h5-7H,8H2,1-4H3. The lowest BCUT2D eigenvalue weighted by molar-refractivity contribution is -0.496. The van der Waals surface area contributed by atoms with Gasteiger partial charge in [-0.05, 0) is 17.0 Å². The molecule has 4 heteroatoms. The maximum absolute atomic E-state index is 10.4. The van der Waals surface area contributed by atoms with Crippen molar-refractivity contribution in [3.05, 3.63) is 39.4 Å². The van der Waals surface area contributed by atoms with E-state index in [-0.39, 0.29) is 16.9 Å². The molecule has 88 valence electrons. The molecule has 0 aromatic heterocycles. The molecule has 0 aliphatic carbocycles. The van der Waals surface area contributed by atoms with Crippen LogP contribution in [0.1, 0.15) is 31.9 Å².